The van der Waals surface area contributed by atoms with Gasteiger partial charge in [-0.3, -0.25) is 14.7 Å². The molecule has 0 radical (unpaired) electrons. The largest absolute Gasteiger partial charge is 0.357 e. The number of nitrogens with zero attached hydrogens (tertiary/aromatic N) is 4. The van der Waals surface area contributed by atoms with Crippen LogP contribution < -0.4 is 10.6 Å². The third kappa shape index (κ3) is 7.82. The number of piperazine rings is 1. The first kappa shape index (κ1) is 25.6. The lowest BCUT2D eigenvalue weighted by atomic mass is 9.88. The van der Waals surface area contributed by atoms with Gasteiger partial charge in [-0.2, -0.15) is 0 Å². The summed E-state index contributed by atoms with van der Waals surface area (Å²) >= 11 is 0. The molecule has 1 atom stereocenters. The Bertz CT molecular complexity index is 532. The number of likely N-dealkylation sites (tertiary alicyclic amines) is 1. The van der Waals surface area contributed by atoms with Crippen molar-refractivity contribution in [2.75, 3.05) is 65.4 Å². The van der Waals surface area contributed by atoms with Crippen LogP contribution >= 0.6 is 24.0 Å². The molecule has 0 bridgehead atoms. The molecule has 0 spiro atoms. The molecule has 0 aromatic rings. The molecule has 174 valence electrons. The minimum absolute atomic E-state index is 0. The van der Waals surface area contributed by atoms with E-state index in [1.165, 1.54) is 32.4 Å². The van der Waals surface area contributed by atoms with Gasteiger partial charge in [-0.05, 0) is 32.7 Å². The van der Waals surface area contributed by atoms with Gasteiger partial charge in [-0.15, -0.1) is 24.0 Å². The van der Waals surface area contributed by atoms with Gasteiger partial charge in [0.2, 0.25) is 5.91 Å². The fourth-order valence-electron chi connectivity index (χ4n) is 4.83. The number of hydrogen-bond donors (Lipinski definition) is 2. The van der Waals surface area contributed by atoms with Crippen molar-refractivity contribution in [3.8, 4) is 0 Å². The summed E-state index contributed by atoms with van der Waals surface area (Å²) in [6.45, 7) is 14.5. The molecule has 2 heterocycles. The Labute approximate surface area is 200 Å². The lowest BCUT2D eigenvalue weighted by molar-refractivity contribution is -0.135. The van der Waals surface area contributed by atoms with Crippen LogP contribution in [0.2, 0.25) is 0 Å². The smallest absolute Gasteiger partial charge is 0.225 e. The lowest BCUT2D eigenvalue weighted by Crippen LogP contribution is -2.47. The maximum absolute atomic E-state index is 12.8. The third-order valence-electron chi connectivity index (χ3n) is 6.74. The van der Waals surface area contributed by atoms with Crippen LogP contribution in [-0.2, 0) is 4.79 Å². The molecule has 7 nitrogen and oxygen atoms in total. The lowest BCUT2D eigenvalue weighted by Gasteiger charge is -2.33. The molecule has 1 saturated carbocycles. The van der Waals surface area contributed by atoms with E-state index in [2.05, 4.69) is 39.2 Å². The van der Waals surface area contributed by atoms with Gasteiger partial charge in [0.15, 0.2) is 5.96 Å². The molecule has 2 saturated heterocycles. The average molecular weight is 535 g/mol. The van der Waals surface area contributed by atoms with E-state index >= 15 is 0 Å². The number of nitrogens with one attached hydrogen (secondary N) is 2. The molecule has 3 fully saturated rings. The topological polar surface area (TPSA) is 63.2 Å². The summed E-state index contributed by atoms with van der Waals surface area (Å²) in [5, 5.41) is 6.96. The van der Waals surface area contributed by atoms with E-state index in [9.17, 15) is 4.79 Å². The standard InChI is InChI=1S/C22H42N6O.HI/c1-3-23-22(24-11-13-27-16-14-26(4-2)15-17-27)25-20-10-12-28(18-20)21(29)19-8-6-5-7-9-19;/h19-20H,3-18H2,1-2H3,(H2,23,24,25);1H. The van der Waals surface area contributed by atoms with E-state index in [0.29, 0.717) is 11.9 Å². The van der Waals surface area contributed by atoms with Gasteiger partial charge in [0.1, 0.15) is 0 Å². The van der Waals surface area contributed by atoms with Gasteiger partial charge < -0.3 is 20.4 Å². The van der Waals surface area contributed by atoms with E-state index in [-0.39, 0.29) is 29.9 Å². The van der Waals surface area contributed by atoms with E-state index in [0.717, 1.165) is 77.6 Å². The van der Waals surface area contributed by atoms with Crippen molar-refractivity contribution >= 4 is 35.8 Å². The first-order valence-electron chi connectivity index (χ1n) is 12.0. The molecule has 8 heteroatoms. The summed E-state index contributed by atoms with van der Waals surface area (Å²) in [6, 6.07) is 0.313. The van der Waals surface area contributed by atoms with Crippen molar-refractivity contribution < 1.29 is 4.79 Å². The number of amides is 1. The molecule has 0 aromatic heterocycles. The van der Waals surface area contributed by atoms with Gasteiger partial charge in [0.25, 0.3) is 0 Å². The Hall–Kier alpha value is -0.610. The minimum Gasteiger partial charge on any atom is -0.357 e. The van der Waals surface area contributed by atoms with E-state index in [1.807, 2.05) is 0 Å². The van der Waals surface area contributed by atoms with E-state index < -0.39 is 0 Å². The van der Waals surface area contributed by atoms with Crippen LogP contribution in [0.5, 0.6) is 0 Å². The highest BCUT2D eigenvalue weighted by Gasteiger charge is 2.31. The molecule has 2 N–H and O–H groups in total. The summed E-state index contributed by atoms with van der Waals surface area (Å²) < 4.78 is 0. The van der Waals surface area contributed by atoms with E-state index in [4.69, 9.17) is 4.99 Å². The zero-order valence-corrected chi connectivity index (χ0v) is 21.4. The fourth-order valence-corrected chi connectivity index (χ4v) is 4.83. The molecular weight excluding hydrogens is 491 g/mol. The number of carbonyl (C=O) groups excluding carboxylic acids is 1. The normalized spacial score (nSPS) is 24.5. The van der Waals surface area contributed by atoms with Crippen molar-refractivity contribution in [1.82, 2.24) is 25.3 Å². The van der Waals surface area contributed by atoms with Crippen LogP contribution in [0.4, 0.5) is 0 Å². The Kier molecular flexibility index (Phi) is 11.7. The quantitative estimate of drug-likeness (QED) is 0.297. The number of aliphatic imine (C=N–C) groups is 1. The van der Waals surface area contributed by atoms with Gasteiger partial charge in [0.05, 0.1) is 6.54 Å². The summed E-state index contributed by atoms with van der Waals surface area (Å²) in [6.07, 6.45) is 6.92. The Morgan fingerprint density at radius 3 is 2.33 bits per heavy atom. The highest BCUT2D eigenvalue weighted by molar-refractivity contribution is 14.0. The van der Waals surface area contributed by atoms with Crippen LogP contribution in [0.15, 0.2) is 4.99 Å². The van der Waals surface area contributed by atoms with Crippen molar-refractivity contribution in [2.24, 2.45) is 10.9 Å². The number of halogens is 1. The summed E-state index contributed by atoms with van der Waals surface area (Å²) in [7, 11) is 0. The first-order chi connectivity index (χ1) is 14.2. The van der Waals surface area contributed by atoms with Gasteiger partial charge >= 0.3 is 0 Å². The zero-order chi connectivity index (χ0) is 20.5. The summed E-state index contributed by atoms with van der Waals surface area (Å²) in [4.78, 5) is 24.7. The van der Waals surface area contributed by atoms with Crippen molar-refractivity contribution in [2.45, 2.75) is 58.4 Å². The first-order valence-corrected chi connectivity index (χ1v) is 12.0. The predicted octanol–water partition coefficient (Wildman–Crippen LogP) is 1.98. The fraction of sp³-hybridized carbons (Fsp3) is 0.909. The number of rotatable bonds is 7. The van der Waals surface area contributed by atoms with Crippen molar-refractivity contribution in [3.05, 3.63) is 0 Å². The van der Waals surface area contributed by atoms with Crippen LogP contribution in [0.25, 0.3) is 0 Å². The van der Waals surface area contributed by atoms with Crippen LogP contribution in [0.3, 0.4) is 0 Å². The second-order valence-electron chi connectivity index (χ2n) is 8.79. The number of likely N-dealkylation sites (N-methyl/N-ethyl adjacent to an activating group) is 1. The highest BCUT2D eigenvalue weighted by atomic mass is 127. The van der Waals surface area contributed by atoms with Gasteiger partial charge in [-0.1, -0.05) is 26.2 Å². The second-order valence-corrected chi connectivity index (χ2v) is 8.79. The molecular formula is C22H43IN6O. The van der Waals surface area contributed by atoms with Crippen molar-refractivity contribution in [1.29, 1.82) is 0 Å². The van der Waals surface area contributed by atoms with Crippen LogP contribution in [-0.4, -0.2) is 98.1 Å². The van der Waals surface area contributed by atoms with Crippen LogP contribution in [0.1, 0.15) is 52.4 Å². The molecule has 30 heavy (non-hydrogen) atoms. The summed E-state index contributed by atoms with van der Waals surface area (Å²) in [5.74, 6) is 1.57. The van der Waals surface area contributed by atoms with Gasteiger partial charge in [-0.25, -0.2) is 0 Å². The zero-order valence-electron chi connectivity index (χ0n) is 19.1. The maximum atomic E-state index is 12.8. The molecule has 2 aliphatic heterocycles. The Morgan fingerprint density at radius 2 is 1.67 bits per heavy atom. The Balaban J connectivity index is 0.00000320. The Morgan fingerprint density at radius 1 is 0.967 bits per heavy atom. The molecule has 1 unspecified atom stereocenters. The molecule has 3 aliphatic rings. The van der Waals surface area contributed by atoms with Crippen LogP contribution in [0, 0.1) is 5.92 Å². The monoisotopic (exact) mass is 534 g/mol. The predicted molar refractivity (Wildman–Crippen MR) is 135 cm³/mol. The van der Waals surface area contributed by atoms with Crippen molar-refractivity contribution in [3.63, 3.8) is 0 Å². The molecule has 1 aliphatic carbocycles. The number of guanidine groups is 1. The average Bonchev–Trinajstić information content (AvgIpc) is 3.23. The molecule has 3 rings (SSSR count). The maximum Gasteiger partial charge on any atom is 0.225 e. The third-order valence-corrected chi connectivity index (χ3v) is 6.74. The molecule has 1 amide bonds. The molecule has 0 aromatic carbocycles. The van der Waals surface area contributed by atoms with E-state index in [1.54, 1.807) is 0 Å². The summed E-state index contributed by atoms with van der Waals surface area (Å²) in [5.41, 5.74) is 0. The second kappa shape index (κ2) is 13.7. The van der Waals surface area contributed by atoms with Gasteiger partial charge in [0, 0.05) is 64.3 Å². The minimum atomic E-state index is 0. The SMILES string of the molecule is CCNC(=NCCN1CCN(CC)CC1)NC1CCN(C(=O)C2CCCCC2)C1.I. The highest BCUT2D eigenvalue weighted by Crippen LogP contribution is 2.26. The number of hydrogen-bond acceptors (Lipinski definition) is 4. The number of carbonyl (C=O) groups is 1.